The molecule has 1 fully saturated rings. The summed E-state index contributed by atoms with van der Waals surface area (Å²) in [6, 6.07) is 0. The first-order valence-electron chi connectivity index (χ1n) is 6.46. The van der Waals surface area contributed by atoms with Crippen molar-refractivity contribution in [3.63, 3.8) is 0 Å². The molecule has 0 bridgehead atoms. The van der Waals surface area contributed by atoms with Crippen molar-refractivity contribution in [1.29, 1.82) is 0 Å². The van der Waals surface area contributed by atoms with Crippen LogP contribution in [0.5, 0.6) is 0 Å². The molecule has 90 valence electrons. The van der Waals surface area contributed by atoms with Crippen molar-refractivity contribution < 1.29 is 0 Å². The van der Waals surface area contributed by atoms with Gasteiger partial charge >= 0.3 is 0 Å². The number of rotatable bonds is 5. The first-order chi connectivity index (χ1) is 7.03. The van der Waals surface area contributed by atoms with Crippen LogP contribution in [0.15, 0.2) is 0 Å². The van der Waals surface area contributed by atoms with E-state index >= 15 is 0 Å². The zero-order chi connectivity index (χ0) is 11.3. The van der Waals surface area contributed by atoms with Gasteiger partial charge in [-0.05, 0) is 50.1 Å². The summed E-state index contributed by atoms with van der Waals surface area (Å²) in [5, 5.41) is 0. The summed E-state index contributed by atoms with van der Waals surface area (Å²) in [6.45, 7) is 11.8. The highest BCUT2D eigenvalue weighted by molar-refractivity contribution is 4.78. The zero-order valence-electron chi connectivity index (χ0n) is 10.8. The van der Waals surface area contributed by atoms with Crippen molar-refractivity contribution in [2.75, 3.05) is 26.2 Å². The average Bonchev–Trinajstić information content (AvgIpc) is 2.14. The molecule has 1 aliphatic rings. The molecule has 1 heterocycles. The monoisotopic (exact) mass is 212 g/mol. The standard InChI is InChI=1S/C13H28N2/c1-12-6-4-9-15(10-12)11-13(2,3)7-5-8-14/h12H,4-11,14H2,1-3H3. The van der Waals surface area contributed by atoms with Gasteiger partial charge in [0.25, 0.3) is 0 Å². The lowest BCUT2D eigenvalue weighted by Gasteiger charge is -2.37. The van der Waals surface area contributed by atoms with E-state index in [0.717, 1.165) is 18.9 Å². The van der Waals surface area contributed by atoms with Crippen LogP contribution in [-0.2, 0) is 0 Å². The molecule has 0 spiro atoms. The molecule has 1 saturated heterocycles. The Labute approximate surface area is 95.2 Å². The van der Waals surface area contributed by atoms with E-state index in [0.29, 0.717) is 5.41 Å². The van der Waals surface area contributed by atoms with Crippen molar-refractivity contribution in [1.82, 2.24) is 4.90 Å². The van der Waals surface area contributed by atoms with E-state index in [2.05, 4.69) is 25.7 Å². The largest absolute Gasteiger partial charge is 0.330 e. The summed E-state index contributed by atoms with van der Waals surface area (Å²) >= 11 is 0. The average molecular weight is 212 g/mol. The van der Waals surface area contributed by atoms with Gasteiger partial charge in [0.2, 0.25) is 0 Å². The fourth-order valence-electron chi connectivity index (χ4n) is 2.70. The first kappa shape index (κ1) is 13.0. The van der Waals surface area contributed by atoms with Crippen molar-refractivity contribution in [2.24, 2.45) is 17.1 Å². The minimum absolute atomic E-state index is 0.441. The van der Waals surface area contributed by atoms with E-state index in [4.69, 9.17) is 5.73 Å². The maximum Gasteiger partial charge on any atom is 0.00328 e. The van der Waals surface area contributed by atoms with E-state index < -0.39 is 0 Å². The van der Waals surface area contributed by atoms with Gasteiger partial charge in [-0.2, -0.15) is 0 Å². The van der Waals surface area contributed by atoms with Gasteiger partial charge in [0.1, 0.15) is 0 Å². The Bertz CT molecular complexity index is 177. The zero-order valence-corrected chi connectivity index (χ0v) is 10.8. The number of nitrogens with two attached hydrogens (primary N) is 1. The molecule has 0 saturated carbocycles. The Hall–Kier alpha value is -0.0800. The molecule has 0 radical (unpaired) electrons. The van der Waals surface area contributed by atoms with Crippen LogP contribution < -0.4 is 5.73 Å². The molecule has 15 heavy (non-hydrogen) atoms. The highest BCUT2D eigenvalue weighted by Crippen LogP contribution is 2.26. The number of likely N-dealkylation sites (tertiary alicyclic amines) is 1. The third kappa shape index (κ3) is 4.98. The number of piperidine rings is 1. The van der Waals surface area contributed by atoms with Crippen LogP contribution in [0.3, 0.4) is 0 Å². The SMILES string of the molecule is CC1CCCN(CC(C)(C)CCCN)C1. The Kier molecular flexibility index (Phi) is 5.07. The summed E-state index contributed by atoms with van der Waals surface area (Å²) in [4.78, 5) is 2.64. The highest BCUT2D eigenvalue weighted by atomic mass is 15.1. The van der Waals surface area contributed by atoms with Gasteiger partial charge in [0, 0.05) is 13.1 Å². The van der Waals surface area contributed by atoms with Gasteiger partial charge in [-0.25, -0.2) is 0 Å². The van der Waals surface area contributed by atoms with Gasteiger partial charge < -0.3 is 10.6 Å². The van der Waals surface area contributed by atoms with Crippen LogP contribution in [-0.4, -0.2) is 31.1 Å². The molecule has 0 aromatic rings. The lowest BCUT2D eigenvalue weighted by atomic mass is 9.86. The molecule has 1 rings (SSSR count). The third-order valence-electron chi connectivity index (χ3n) is 3.45. The number of hydrogen-bond donors (Lipinski definition) is 1. The van der Waals surface area contributed by atoms with Crippen molar-refractivity contribution >= 4 is 0 Å². The maximum atomic E-state index is 5.58. The molecule has 1 unspecified atom stereocenters. The molecule has 0 aromatic heterocycles. The Morgan fingerprint density at radius 3 is 2.73 bits per heavy atom. The number of nitrogens with zero attached hydrogens (tertiary/aromatic N) is 1. The summed E-state index contributed by atoms with van der Waals surface area (Å²) < 4.78 is 0. The summed E-state index contributed by atoms with van der Waals surface area (Å²) in [7, 11) is 0. The second-order valence-corrected chi connectivity index (χ2v) is 6.04. The van der Waals surface area contributed by atoms with Crippen LogP contribution in [0, 0.1) is 11.3 Å². The van der Waals surface area contributed by atoms with Crippen LogP contribution in [0.4, 0.5) is 0 Å². The van der Waals surface area contributed by atoms with Gasteiger partial charge in [0.15, 0.2) is 0 Å². The fraction of sp³-hybridized carbons (Fsp3) is 1.00. The predicted octanol–water partition coefficient (Wildman–Crippen LogP) is 2.48. The highest BCUT2D eigenvalue weighted by Gasteiger charge is 2.24. The van der Waals surface area contributed by atoms with Gasteiger partial charge in [0.05, 0.1) is 0 Å². The van der Waals surface area contributed by atoms with E-state index in [1.54, 1.807) is 0 Å². The van der Waals surface area contributed by atoms with E-state index in [9.17, 15) is 0 Å². The second-order valence-electron chi connectivity index (χ2n) is 6.04. The van der Waals surface area contributed by atoms with E-state index in [1.807, 2.05) is 0 Å². The van der Waals surface area contributed by atoms with Crippen LogP contribution >= 0.6 is 0 Å². The van der Waals surface area contributed by atoms with E-state index in [1.165, 1.54) is 38.9 Å². The molecule has 0 aliphatic carbocycles. The van der Waals surface area contributed by atoms with Crippen LogP contribution in [0.1, 0.15) is 46.5 Å². The first-order valence-corrected chi connectivity index (χ1v) is 6.46. The van der Waals surface area contributed by atoms with E-state index in [-0.39, 0.29) is 0 Å². The summed E-state index contributed by atoms with van der Waals surface area (Å²) in [6.07, 6.45) is 5.22. The van der Waals surface area contributed by atoms with Crippen LogP contribution in [0.2, 0.25) is 0 Å². The Morgan fingerprint density at radius 2 is 2.13 bits per heavy atom. The molecular weight excluding hydrogens is 184 g/mol. The van der Waals surface area contributed by atoms with Crippen molar-refractivity contribution in [3.05, 3.63) is 0 Å². The van der Waals surface area contributed by atoms with Gasteiger partial charge in [-0.15, -0.1) is 0 Å². The van der Waals surface area contributed by atoms with Gasteiger partial charge in [-0.3, -0.25) is 0 Å². The molecule has 2 N–H and O–H groups in total. The van der Waals surface area contributed by atoms with Crippen molar-refractivity contribution in [2.45, 2.75) is 46.5 Å². The lowest BCUT2D eigenvalue weighted by molar-refractivity contribution is 0.120. The van der Waals surface area contributed by atoms with Crippen molar-refractivity contribution in [3.8, 4) is 0 Å². The molecule has 2 nitrogen and oxygen atoms in total. The fourth-order valence-corrected chi connectivity index (χ4v) is 2.70. The second kappa shape index (κ2) is 5.86. The molecule has 2 heteroatoms. The minimum atomic E-state index is 0.441. The molecule has 0 aromatic carbocycles. The number of hydrogen-bond acceptors (Lipinski definition) is 2. The lowest BCUT2D eigenvalue weighted by Crippen LogP contribution is -2.40. The smallest absolute Gasteiger partial charge is 0.00328 e. The topological polar surface area (TPSA) is 29.3 Å². The summed E-state index contributed by atoms with van der Waals surface area (Å²) in [5.41, 5.74) is 6.02. The Balaban J connectivity index is 2.31. The maximum absolute atomic E-state index is 5.58. The summed E-state index contributed by atoms with van der Waals surface area (Å²) in [5.74, 6) is 0.893. The third-order valence-corrected chi connectivity index (χ3v) is 3.45. The van der Waals surface area contributed by atoms with Crippen LogP contribution in [0.25, 0.3) is 0 Å². The molecule has 1 aliphatic heterocycles. The normalized spacial score (nSPS) is 24.4. The minimum Gasteiger partial charge on any atom is -0.330 e. The quantitative estimate of drug-likeness (QED) is 0.758. The predicted molar refractivity (Wildman–Crippen MR) is 66.9 cm³/mol. The van der Waals surface area contributed by atoms with Gasteiger partial charge in [-0.1, -0.05) is 20.8 Å². The Morgan fingerprint density at radius 1 is 1.40 bits per heavy atom. The molecule has 1 atom stereocenters. The molecular formula is C13H28N2. The molecule has 0 amide bonds.